The zero-order valence-electron chi connectivity index (χ0n) is 14.5. The van der Waals surface area contributed by atoms with Crippen LogP contribution in [-0.4, -0.2) is 26.7 Å². The van der Waals surface area contributed by atoms with Gasteiger partial charge in [-0.15, -0.1) is 0 Å². The molecule has 3 rings (SSSR count). The van der Waals surface area contributed by atoms with Crippen LogP contribution in [0.15, 0.2) is 36.4 Å². The fraction of sp³-hybridized carbons (Fsp3) is 0.211. The van der Waals surface area contributed by atoms with E-state index in [0.29, 0.717) is 17.2 Å². The average Bonchev–Trinajstić information content (AvgIpc) is 2.68. The SMILES string of the molecule is C=O.C=O.COc1ccc2c(c1Oc1cccc(F)c1)COC(=O)C2C. The molecule has 2 aromatic carbocycles. The summed E-state index contributed by atoms with van der Waals surface area (Å²) < 4.78 is 29.6. The molecule has 0 saturated heterocycles. The highest BCUT2D eigenvalue weighted by Crippen LogP contribution is 2.42. The van der Waals surface area contributed by atoms with Crippen molar-refractivity contribution in [1.29, 1.82) is 0 Å². The molecule has 6 nitrogen and oxygen atoms in total. The molecule has 138 valence electrons. The van der Waals surface area contributed by atoms with Crippen LogP contribution in [-0.2, 0) is 25.7 Å². The van der Waals surface area contributed by atoms with Crippen molar-refractivity contribution in [1.82, 2.24) is 0 Å². The lowest BCUT2D eigenvalue weighted by Crippen LogP contribution is -2.21. The van der Waals surface area contributed by atoms with Crippen LogP contribution in [0, 0.1) is 5.82 Å². The van der Waals surface area contributed by atoms with E-state index in [2.05, 4.69) is 0 Å². The summed E-state index contributed by atoms with van der Waals surface area (Å²) in [5.41, 5.74) is 1.58. The van der Waals surface area contributed by atoms with E-state index in [4.69, 9.17) is 23.8 Å². The van der Waals surface area contributed by atoms with E-state index in [-0.39, 0.29) is 24.3 Å². The van der Waals surface area contributed by atoms with Crippen LogP contribution in [0.3, 0.4) is 0 Å². The average molecular weight is 362 g/mol. The summed E-state index contributed by atoms with van der Waals surface area (Å²) >= 11 is 0. The number of ether oxygens (including phenoxy) is 3. The molecular weight excluding hydrogens is 343 g/mol. The van der Waals surface area contributed by atoms with E-state index in [0.717, 1.165) is 11.1 Å². The van der Waals surface area contributed by atoms with Gasteiger partial charge in [0.1, 0.15) is 31.8 Å². The van der Waals surface area contributed by atoms with Crippen molar-refractivity contribution in [3.05, 3.63) is 53.3 Å². The quantitative estimate of drug-likeness (QED) is 0.779. The highest BCUT2D eigenvalue weighted by molar-refractivity contribution is 5.80. The highest BCUT2D eigenvalue weighted by atomic mass is 19.1. The molecule has 1 aliphatic rings. The van der Waals surface area contributed by atoms with Gasteiger partial charge in [-0.3, -0.25) is 4.79 Å². The molecule has 0 radical (unpaired) electrons. The van der Waals surface area contributed by atoms with Gasteiger partial charge in [-0.25, -0.2) is 4.39 Å². The largest absolute Gasteiger partial charge is 0.493 e. The Morgan fingerprint density at radius 1 is 1.15 bits per heavy atom. The standard InChI is InChI=1S/C17H15FO4.2CH2O/c1-10-13-6-7-15(20-2)16(14(13)9-21-17(10)19)22-12-5-3-4-11(18)8-12;2*1-2/h3-8,10H,9H2,1-2H3;2*1H2. The van der Waals surface area contributed by atoms with Gasteiger partial charge in [-0.05, 0) is 30.7 Å². The fourth-order valence-electron chi connectivity index (χ4n) is 2.49. The van der Waals surface area contributed by atoms with Crippen LogP contribution in [0.25, 0.3) is 0 Å². The molecule has 1 unspecified atom stereocenters. The number of rotatable bonds is 3. The zero-order valence-corrected chi connectivity index (χ0v) is 14.5. The Morgan fingerprint density at radius 2 is 1.85 bits per heavy atom. The van der Waals surface area contributed by atoms with E-state index >= 15 is 0 Å². The third-order valence-electron chi connectivity index (χ3n) is 3.68. The van der Waals surface area contributed by atoms with E-state index in [1.807, 2.05) is 19.6 Å². The molecule has 1 heterocycles. The van der Waals surface area contributed by atoms with Crippen molar-refractivity contribution in [2.24, 2.45) is 0 Å². The van der Waals surface area contributed by atoms with Gasteiger partial charge in [0.25, 0.3) is 0 Å². The number of methoxy groups -OCH3 is 1. The first-order valence-electron chi connectivity index (χ1n) is 7.47. The third kappa shape index (κ3) is 4.44. The second-order valence-electron chi connectivity index (χ2n) is 5.05. The van der Waals surface area contributed by atoms with E-state index in [1.54, 1.807) is 25.1 Å². The summed E-state index contributed by atoms with van der Waals surface area (Å²) in [6.45, 7) is 5.89. The maximum Gasteiger partial charge on any atom is 0.313 e. The van der Waals surface area contributed by atoms with E-state index < -0.39 is 0 Å². The van der Waals surface area contributed by atoms with Gasteiger partial charge < -0.3 is 23.8 Å². The van der Waals surface area contributed by atoms with Crippen LogP contribution >= 0.6 is 0 Å². The topological polar surface area (TPSA) is 78.9 Å². The van der Waals surface area contributed by atoms with Gasteiger partial charge in [0, 0.05) is 11.6 Å². The number of fused-ring (bicyclic) bond motifs is 1. The first-order chi connectivity index (χ1) is 12.6. The van der Waals surface area contributed by atoms with Gasteiger partial charge in [-0.2, -0.15) is 0 Å². The van der Waals surface area contributed by atoms with Crippen molar-refractivity contribution >= 4 is 19.5 Å². The molecule has 1 aliphatic heterocycles. The predicted molar refractivity (Wildman–Crippen MR) is 91.9 cm³/mol. The second-order valence-corrected chi connectivity index (χ2v) is 5.05. The Balaban J connectivity index is 0.000000791. The summed E-state index contributed by atoms with van der Waals surface area (Å²) in [6, 6.07) is 9.42. The van der Waals surface area contributed by atoms with Crippen molar-refractivity contribution < 1.29 is 33.0 Å². The first kappa shape index (κ1) is 20.8. The molecule has 2 aromatic rings. The lowest BCUT2D eigenvalue weighted by molar-refractivity contribution is -0.147. The predicted octanol–water partition coefficient (Wildman–Crippen LogP) is 3.42. The van der Waals surface area contributed by atoms with Crippen molar-refractivity contribution in [3.63, 3.8) is 0 Å². The normalized spacial score (nSPS) is 14.4. The number of esters is 1. The van der Waals surface area contributed by atoms with Crippen molar-refractivity contribution in [2.45, 2.75) is 19.4 Å². The van der Waals surface area contributed by atoms with Crippen LogP contribution in [0.1, 0.15) is 24.0 Å². The summed E-state index contributed by atoms with van der Waals surface area (Å²) in [5.74, 6) is 0.286. The van der Waals surface area contributed by atoms with E-state index in [9.17, 15) is 9.18 Å². The highest BCUT2D eigenvalue weighted by Gasteiger charge is 2.29. The monoisotopic (exact) mass is 362 g/mol. The number of halogens is 1. The van der Waals surface area contributed by atoms with Crippen molar-refractivity contribution in [2.75, 3.05) is 7.11 Å². The Bertz CT molecular complexity index is 760. The second kappa shape index (κ2) is 9.93. The van der Waals surface area contributed by atoms with Gasteiger partial charge in [0.2, 0.25) is 0 Å². The van der Waals surface area contributed by atoms with Gasteiger partial charge in [0.05, 0.1) is 13.0 Å². The lowest BCUT2D eigenvalue weighted by atomic mass is 9.93. The van der Waals surface area contributed by atoms with E-state index in [1.165, 1.54) is 19.2 Å². The molecule has 0 aromatic heterocycles. The third-order valence-corrected chi connectivity index (χ3v) is 3.68. The van der Waals surface area contributed by atoms with Crippen LogP contribution < -0.4 is 9.47 Å². The smallest absolute Gasteiger partial charge is 0.313 e. The molecule has 7 heteroatoms. The first-order valence-corrected chi connectivity index (χ1v) is 7.47. The number of carbonyl (C=O) groups is 3. The van der Waals surface area contributed by atoms with Gasteiger partial charge in [0.15, 0.2) is 11.5 Å². The Kier molecular flexibility index (Phi) is 7.95. The number of hydrogen-bond acceptors (Lipinski definition) is 6. The molecule has 0 spiro atoms. The Hall–Kier alpha value is -3.22. The summed E-state index contributed by atoms with van der Waals surface area (Å²) in [4.78, 5) is 27.7. The Morgan fingerprint density at radius 3 is 2.46 bits per heavy atom. The fourth-order valence-corrected chi connectivity index (χ4v) is 2.49. The summed E-state index contributed by atoms with van der Waals surface area (Å²) in [6.07, 6.45) is 0. The van der Waals surface area contributed by atoms with Crippen LogP contribution in [0.2, 0.25) is 0 Å². The molecule has 0 saturated carbocycles. The molecule has 0 aliphatic carbocycles. The number of carbonyl (C=O) groups excluding carboxylic acids is 3. The zero-order chi connectivity index (χ0) is 19.7. The molecule has 26 heavy (non-hydrogen) atoms. The van der Waals surface area contributed by atoms with Crippen LogP contribution in [0.4, 0.5) is 4.39 Å². The molecule has 0 amide bonds. The Labute approximate surface area is 150 Å². The molecule has 0 N–H and O–H groups in total. The minimum Gasteiger partial charge on any atom is -0.493 e. The minimum absolute atomic E-state index is 0.111. The van der Waals surface area contributed by atoms with Gasteiger partial charge >= 0.3 is 5.97 Å². The number of cyclic esters (lactones) is 1. The molecular formula is C19H19FO6. The lowest BCUT2D eigenvalue weighted by Gasteiger charge is -2.25. The number of benzene rings is 2. The maximum absolute atomic E-state index is 13.3. The number of hydrogen-bond donors (Lipinski definition) is 0. The maximum atomic E-state index is 13.3. The summed E-state index contributed by atoms with van der Waals surface area (Å²) in [5, 5.41) is 0. The molecule has 1 atom stereocenters. The molecule has 0 bridgehead atoms. The van der Waals surface area contributed by atoms with Crippen LogP contribution in [0.5, 0.6) is 17.2 Å². The van der Waals surface area contributed by atoms with Crippen molar-refractivity contribution in [3.8, 4) is 17.2 Å². The molecule has 0 fully saturated rings. The van der Waals surface area contributed by atoms with Gasteiger partial charge in [-0.1, -0.05) is 12.1 Å². The minimum atomic E-state index is -0.388. The summed E-state index contributed by atoms with van der Waals surface area (Å²) in [7, 11) is 1.53.